The zero-order valence-electron chi connectivity index (χ0n) is 35.2. The van der Waals surface area contributed by atoms with Crippen molar-refractivity contribution in [2.45, 2.75) is 78.6 Å². The Morgan fingerprint density at radius 2 is 1.09 bits per heavy atom. The Morgan fingerprint density at radius 3 is 1.78 bits per heavy atom. The molecule has 0 unspecified atom stereocenters. The second kappa shape index (κ2) is 14.6. The van der Waals surface area contributed by atoms with Gasteiger partial charge in [-0.2, -0.15) is 0 Å². The van der Waals surface area contributed by atoms with Gasteiger partial charge in [-0.3, -0.25) is 9.55 Å². The Morgan fingerprint density at radius 1 is 0.448 bits per heavy atom. The second-order valence-corrected chi connectivity index (χ2v) is 18.6. The average Bonchev–Trinajstić information content (AvgIpc) is 3.59. The number of phenols is 1. The lowest BCUT2D eigenvalue weighted by molar-refractivity contribution is 0.477. The summed E-state index contributed by atoms with van der Waals surface area (Å²) in [5.74, 6) is 0.865. The predicted octanol–water partition coefficient (Wildman–Crippen LogP) is 14.4. The highest BCUT2D eigenvalue weighted by Crippen LogP contribution is 2.42. The van der Waals surface area contributed by atoms with Gasteiger partial charge in [0.15, 0.2) is 0 Å². The quantitative estimate of drug-likeness (QED) is 0.184. The lowest BCUT2D eigenvalue weighted by atomic mass is 9.83. The van der Waals surface area contributed by atoms with Crippen molar-refractivity contribution in [1.29, 1.82) is 0 Å². The summed E-state index contributed by atoms with van der Waals surface area (Å²) in [5.41, 5.74) is 15.7. The molecule has 4 nitrogen and oxygen atoms in total. The molecule has 1 N–H and O–H groups in total. The van der Waals surface area contributed by atoms with E-state index >= 15 is 0 Å². The van der Waals surface area contributed by atoms with Crippen molar-refractivity contribution in [1.82, 2.24) is 14.5 Å². The number of benzene rings is 6. The molecule has 0 amide bonds. The molecule has 6 aromatic carbocycles. The Balaban J connectivity index is 1.35. The highest BCUT2D eigenvalue weighted by molar-refractivity contribution is 5.97. The molecule has 0 spiro atoms. The molecule has 0 bridgehead atoms. The number of fused-ring (bicyclic) bond motifs is 1. The molecule has 290 valence electrons. The lowest BCUT2D eigenvalue weighted by Crippen LogP contribution is -2.12. The number of phenolic OH excluding ortho intramolecular Hbond substituents is 1. The van der Waals surface area contributed by atoms with Gasteiger partial charge in [-0.1, -0.05) is 153 Å². The van der Waals surface area contributed by atoms with E-state index in [1.807, 2.05) is 24.4 Å². The fourth-order valence-electron chi connectivity index (χ4n) is 7.76. The average molecular weight is 760 g/mol. The van der Waals surface area contributed by atoms with E-state index in [1.54, 1.807) is 6.07 Å². The van der Waals surface area contributed by atoms with E-state index in [1.165, 1.54) is 22.3 Å². The third kappa shape index (κ3) is 7.47. The number of hydrogen-bond acceptors (Lipinski definition) is 3. The largest absolute Gasteiger partial charge is 0.507 e. The minimum absolute atomic E-state index is 0.0478. The van der Waals surface area contributed by atoms with Gasteiger partial charge in [0.2, 0.25) is 0 Å². The van der Waals surface area contributed by atoms with Crippen LogP contribution in [0.3, 0.4) is 0 Å². The van der Waals surface area contributed by atoms with Crippen LogP contribution >= 0.6 is 0 Å². The first-order valence-electron chi connectivity index (χ1n) is 20.3. The minimum atomic E-state index is -0.126. The summed E-state index contributed by atoms with van der Waals surface area (Å²) in [5, 5.41) is 11.4. The molecule has 0 aliphatic heterocycles. The number of rotatable bonds is 6. The molecule has 2 heterocycles. The van der Waals surface area contributed by atoms with Gasteiger partial charge < -0.3 is 5.11 Å². The summed E-state index contributed by atoms with van der Waals surface area (Å²) in [7, 11) is 0. The first-order valence-corrected chi connectivity index (χ1v) is 20.3. The zero-order chi connectivity index (χ0) is 41.0. The number of aromatic nitrogens is 3. The molecule has 0 saturated heterocycles. The smallest absolute Gasteiger partial charge is 0.149 e. The molecule has 58 heavy (non-hydrogen) atoms. The van der Waals surface area contributed by atoms with Crippen molar-refractivity contribution in [3.63, 3.8) is 0 Å². The van der Waals surface area contributed by atoms with Crippen LogP contribution in [0.1, 0.15) is 79.0 Å². The Labute approximate surface area is 343 Å². The van der Waals surface area contributed by atoms with E-state index < -0.39 is 0 Å². The van der Waals surface area contributed by atoms with E-state index in [-0.39, 0.29) is 22.0 Å². The standard InChI is InChI=1S/C54H53N3O/c1-52(2,3)40-24-22-35(23-25-40)37-28-29-55-46(33-37)39-30-38(31-42(32-39)54(7,8)9)43-19-15-20-48-50(43)56-51(44-18-13-14-21-49(44)58)57(48)47-27-26-41(53(4,5)6)34-45(47)36-16-11-10-12-17-36/h10-34,58H,1-9H3. The highest BCUT2D eigenvalue weighted by Gasteiger charge is 2.25. The topological polar surface area (TPSA) is 50.9 Å². The Hall–Kier alpha value is -6.26. The zero-order valence-corrected chi connectivity index (χ0v) is 35.2. The second-order valence-electron chi connectivity index (χ2n) is 18.6. The van der Waals surface area contributed by atoms with E-state index in [9.17, 15) is 5.11 Å². The predicted molar refractivity (Wildman–Crippen MR) is 244 cm³/mol. The Bertz CT molecular complexity index is 2770. The maximum absolute atomic E-state index is 11.4. The highest BCUT2D eigenvalue weighted by atomic mass is 16.3. The van der Waals surface area contributed by atoms with Crippen molar-refractivity contribution < 1.29 is 5.11 Å². The number of para-hydroxylation sites is 2. The summed E-state index contributed by atoms with van der Waals surface area (Å²) in [6.45, 7) is 20.3. The Kier molecular flexibility index (Phi) is 9.72. The lowest BCUT2D eigenvalue weighted by Gasteiger charge is -2.23. The SMILES string of the molecule is CC(C)(C)c1ccc(-c2ccnc(-c3cc(-c4cccc5c4nc(-c4ccccc4O)n5-c4ccc(C(C)(C)C)cc4-c4ccccc4)cc(C(C)(C)C)c3)c2)cc1. The third-order valence-electron chi connectivity index (χ3n) is 11.3. The molecule has 0 aliphatic rings. The number of imidazole rings is 1. The molecule has 8 aromatic rings. The van der Waals surface area contributed by atoms with Gasteiger partial charge >= 0.3 is 0 Å². The summed E-state index contributed by atoms with van der Waals surface area (Å²) in [6.07, 6.45) is 1.92. The molecule has 4 heteroatoms. The van der Waals surface area contributed by atoms with Crippen molar-refractivity contribution in [2.24, 2.45) is 0 Å². The van der Waals surface area contributed by atoms with Crippen LogP contribution in [-0.2, 0) is 16.2 Å². The van der Waals surface area contributed by atoms with Crippen LogP contribution in [0.2, 0.25) is 0 Å². The van der Waals surface area contributed by atoms with Gasteiger partial charge in [-0.15, -0.1) is 0 Å². The summed E-state index contributed by atoms with van der Waals surface area (Å²) in [4.78, 5) is 10.4. The molecule has 2 aromatic heterocycles. The van der Waals surface area contributed by atoms with E-state index in [4.69, 9.17) is 9.97 Å². The summed E-state index contributed by atoms with van der Waals surface area (Å²) in [6, 6.07) is 51.3. The van der Waals surface area contributed by atoms with Crippen LogP contribution < -0.4 is 0 Å². The summed E-state index contributed by atoms with van der Waals surface area (Å²) < 4.78 is 2.23. The molecule has 0 fully saturated rings. The molecule has 0 aliphatic carbocycles. The molecule has 0 saturated carbocycles. The molecular formula is C54H53N3O. The van der Waals surface area contributed by atoms with Gasteiger partial charge in [0, 0.05) is 22.9 Å². The maximum atomic E-state index is 11.4. The normalized spacial score (nSPS) is 12.3. The van der Waals surface area contributed by atoms with Crippen LogP contribution in [-0.4, -0.2) is 19.6 Å². The first-order chi connectivity index (χ1) is 27.6. The van der Waals surface area contributed by atoms with Gasteiger partial charge in [0.25, 0.3) is 0 Å². The number of nitrogens with zero attached hydrogens (tertiary/aromatic N) is 3. The molecular weight excluding hydrogens is 707 g/mol. The summed E-state index contributed by atoms with van der Waals surface area (Å²) >= 11 is 0. The van der Waals surface area contributed by atoms with Crippen molar-refractivity contribution >= 4 is 11.0 Å². The molecule has 0 radical (unpaired) electrons. The van der Waals surface area contributed by atoms with Gasteiger partial charge in [-0.25, -0.2) is 4.98 Å². The third-order valence-corrected chi connectivity index (χ3v) is 11.3. The maximum Gasteiger partial charge on any atom is 0.149 e. The van der Waals surface area contributed by atoms with Crippen LogP contribution in [0.25, 0.3) is 72.7 Å². The van der Waals surface area contributed by atoms with Gasteiger partial charge in [0.1, 0.15) is 11.6 Å². The van der Waals surface area contributed by atoms with Crippen LogP contribution in [0.4, 0.5) is 0 Å². The van der Waals surface area contributed by atoms with Crippen LogP contribution in [0, 0.1) is 0 Å². The van der Waals surface area contributed by atoms with E-state index in [0.29, 0.717) is 11.4 Å². The van der Waals surface area contributed by atoms with Crippen molar-refractivity contribution in [2.75, 3.05) is 0 Å². The van der Waals surface area contributed by atoms with Gasteiger partial charge in [0.05, 0.1) is 28.0 Å². The van der Waals surface area contributed by atoms with Gasteiger partial charge in [-0.05, 0) is 110 Å². The minimum Gasteiger partial charge on any atom is -0.507 e. The van der Waals surface area contributed by atoms with Crippen LogP contribution in [0.5, 0.6) is 5.75 Å². The van der Waals surface area contributed by atoms with Crippen LogP contribution in [0.15, 0.2) is 152 Å². The number of aromatic hydroxyl groups is 1. The van der Waals surface area contributed by atoms with Crippen molar-refractivity contribution in [3.8, 4) is 67.5 Å². The van der Waals surface area contributed by atoms with E-state index in [2.05, 4.69) is 188 Å². The molecule has 8 rings (SSSR count). The first kappa shape index (κ1) is 38.6. The molecule has 0 atom stereocenters. The monoisotopic (exact) mass is 759 g/mol. The number of pyridine rings is 1. The van der Waals surface area contributed by atoms with Crippen molar-refractivity contribution in [3.05, 3.63) is 168 Å². The van der Waals surface area contributed by atoms with E-state index in [0.717, 1.165) is 55.8 Å². The fraction of sp³-hybridized carbons (Fsp3) is 0.222. The number of hydrogen-bond donors (Lipinski definition) is 1. The fourth-order valence-corrected chi connectivity index (χ4v) is 7.76.